The van der Waals surface area contributed by atoms with Crippen molar-refractivity contribution in [2.75, 3.05) is 0 Å². The highest BCUT2D eigenvalue weighted by molar-refractivity contribution is 5.51. The zero-order valence-corrected chi connectivity index (χ0v) is 12.5. The third kappa shape index (κ3) is 3.68. The molecular weight excluding hydrogens is 232 g/mol. The summed E-state index contributed by atoms with van der Waals surface area (Å²) in [6.45, 7) is 6.91. The van der Waals surface area contributed by atoms with Gasteiger partial charge in [0.25, 0.3) is 0 Å². The molecule has 1 aliphatic carbocycles. The van der Waals surface area contributed by atoms with Gasteiger partial charge in [0.15, 0.2) is 0 Å². The maximum atomic E-state index is 10.7. The molecule has 1 nitrogen and oxygen atoms in total. The molecule has 0 aliphatic heterocycles. The average molecular weight is 258 g/mol. The van der Waals surface area contributed by atoms with Gasteiger partial charge in [-0.05, 0) is 47.6 Å². The number of carbonyl (C=O) groups is 1. The minimum Gasteiger partial charge on any atom is -0.303 e. The quantitative estimate of drug-likeness (QED) is 0.690. The number of benzene rings is 1. The molecule has 1 fully saturated rings. The van der Waals surface area contributed by atoms with E-state index in [9.17, 15) is 4.79 Å². The highest BCUT2D eigenvalue weighted by atomic mass is 16.1. The molecule has 0 saturated heterocycles. The lowest BCUT2D eigenvalue weighted by molar-refractivity contribution is -0.108. The summed E-state index contributed by atoms with van der Waals surface area (Å²) in [4.78, 5) is 10.7. The fourth-order valence-corrected chi connectivity index (χ4v) is 3.38. The molecule has 2 unspecified atom stereocenters. The second kappa shape index (κ2) is 5.90. The Bertz CT molecular complexity index is 433. The number of hydrogen-bond donors (Lipinski definition) is 0. The first-order valence-corrected chi connectivity index (χ1v) is 7.55. The predicted octanol–water partition coefficient (Wildman–Crippen LogP) is 5.06. The Morgan fingerprint density at radius 2 is 2.21 bits per heavy atom. The van der Waals surface area contributed by atoms with Gasteiger partial charge >= 0.3 is 0 Å². The van der Waals surface area contributed by atoms with Gasteiger partial charge in [-0.2, -0.15) is 0 Å². The van der Waals surface area contributed by atoms with Gasteiger partial charge in [0, 0.05) is 6.42 Å². The van der Waals surface area contributed by atoms with Crippen LogP contribution in [-0.4, -0.2) is 6.29 Å². The summed E-state index contributed by atoms with van der Waals surface area (Å²) in [7, 11) is 0. The summed E-state index contributed by atoms with van der Waals surface area (Å²) >= 11 is 0. The van der Waals surface area contributed by atoms with Gasteiger partial charge in [-0.1, -0.05) is 51.5 Å². The maximum absolute atomic E-state index is 10.7. The van der Waals surface area contributed by atoms with E-state index >= 15 is 0 Å². The fourth-order valence-electron chi connectivity index (χ4n) is 3.38. The first-order valence-electron chi connectivity index (χ1n) is 7.55. The highest BCUT2D eigenvalue weighted by Crippen LogP contribution is 2.43. The third-order valence-corrected chi connectivity index (χ3v) is 4.61. The topological polar surface area (TPSA) is 17.1 Å². The molecule has 0 heterocycles. The molecule has 0 amide bonds. The van der Waals surface area contributed by atoms with Crippen molar-refractivity contribution in [2.24, 2.45) is 5.41 Å². The second-order valence-corrected chi connectivity index (χ2v) is 6.93. The van der Waals surface area contributed by atoms with Crippen LogP contribution in [0.25, 0.3) is 0 Å². The Morgan fingerprint density at radius 1 is 1.42 bits per heavy atom. The highest BCUT2D eigenvalue weighted by Gasteiger charge is 2.28. The molecule has 1 aromatic carbocycles. The molecule has 1 saturated carbocycles. The Balaban J connectivity index is 2.16. The lowest BCUT2D eigenvalue weighted by atomic mass is 9.70. The molecular formula is C18H26O. The van der Waals surface area contributed by atoms with Crippen LogP contribution in [-0.2, 0) is 4.79 Å². The molecule has 0 N–H and O–H groups in total. The molecule has 19 heavy (non-hydrogen) atoms. The standard InChI is InChI=1S/C18H26O/c1-14(9-11-19)15-6-4-7-16(12-15)17-8-5-10-18(2,3)13-17/h4,6-7,11-12,14,17H,5,8-10,13H2,1-3H3. The first-order chi connectivity index (χ1) is 9.02. The molecule has 0 bridgehead atoms. The zero-order chi connectivity index (χ0) is 13.9. The van der Waals surface area contributed by atoms with Gasteiger partial charge in [-0.3, -0.25) is 0 Å². The number of hydrogen-bond acceptors (Lipinski definition) is 1. The van der Waals surface area contributed by atoms with Crippen LogP contribution in [0, 0.1) is 5.41 Å². The van der Waals surface area contributed by atoms with Crippen LogP contribution in [0.5, 0.6) is 0 Å². The molecule has 0 aromatic heterocycles. The summed E-state index contributed by atoms with van der Waals surface area (Å²) < 4.78 is 0. The summed E-state index contributed by atoms with van der Waals surface area (Å²) in [6.07, 6.45) is 6.95. The minimum absolute atomic E-state index is 0.342. The van der Waals surface area contributed by atoms with Crippen LogP contribution < -0.4 is 0 Å². The number of rotatable bonds is 4. The van der Waals surface area contributed by atoms with E-state index in [4.69, 9.17) is 0 Å². The van der Waals surface area contributed by atoms with Gasteiger partial charge in [0.1, 0.15) is 6.29 Å². The van der Waals surface area contributed by atoms with Crippen molar-refractivity contribution < 1.29 is 4.79 Å². The smallest absolute Gasteiger partial charge is 0.120 e. The van der Waals surface area contributed by atoms with E-state index in [-0.39, 0.29) is 0 Å². The fraction of sp³-hybridized carbons (Fsp3) is 0.611. The van der Waals surface area contributed by atoms with Crippen LogP contribution in [0.15, 0.2) is 24.3 Å². The summed E-state index contributed by atoms with van der Waals surface area (Å²) in [5, 5.41) is 0. The molecule has 1 aliphatic rings. The van der Waals surface area contributed by atoms with Crippen LogP contribution in [0.1, 0.15) is 75.8 Å². The van der Waals surface area contributed by atoms with E-state index in [1.165, 1.54) is 36.8 Å². The van der Waals surface area contributed by atoms with Gasteiger partial charge in [0.05, 0.1) is 0 Å². The van der Waals surface area contributed by atoms with Crippen molar-refractivity contribution in [2.45, 2.75) is 64.7 Å². The Hall–Kier alpha value is -1.11. The first kappa shape index (κ1) is 14.3. The van der Waals surface area contributed by atoms with Crippen molar-refractivity contribution in [1.29, 1.82) is 0 Å². The maximum Gasteiger partial charge on any atom is 0.120 e. The van der Waals surface area contributed by atoms with Gasteiger partial charge in [-0.25, -0.2) is 0 Å². The van der Waals surface area contributed by atoms with Crippen LogP contribution >= 0.6 is 0 Å². The summed E-state index contributed by atoms with van der Waals surface area (Å²) in [5.74, 6) is 1.04. The molecule has 2 rings (SSSR count). The molecule has 0 spiro atoms. The van der Waals surface area contributed by atoms with E-state index in [1.54, 1.807) is 0 Å². The SMILES string of the molecule is CC(CC=O)c1cccc(C2CCCC(C)(C)C2)c1. The molecule has 1 heteroatoms. The van der Waals surface area contributed by atoms with Crippen molar-refractivity contribution in [1.82, 2.24) is 0 Å². The normalized spacial score (nSPS) is 23.8. The zero-order valence-electron chi connectivity index (χ0n) is 12.5. The average Bonchev–Trinajstić information content (AvgIpc) is 2.38. The van der Waals surface area contributed by atoms with Crippen molar-refractivity contribution in [3.8, 4) is 0 Å². The lowest BCUT2D eigenvalue weighted by Crippen LogP contribution is -2.21. The second-order valence-electron chi connectivity index (χ2n) is 6.93. The number of aldehydes is 1. The van der Waals surface area contributed by atoms with Crippen molar-refractivity contribution in [3.05, 3.63) is 35.4 Å². The minimum atomic E-state index is 0.342. The Kier molecular flexibility index (Phi) is 4.44. The monoisotopic (exact) mass is 258 g/mol. The Labute approximate surface area is 117 Å². The summed E-state index contributed by atoms with van der Waals surface area (Å²) in [5.41, 5.74) is 3.27. The third-order valence-electron chi connectivity index (χ3n) is 4.61. The van der Waals surface area contributed by atoms with E-state index in [0.717, 1.165) is 6.29 Å². The molecule has 2 atom stereocenters. The Morgan fingerprint density at radius 3 is 2.89 bits per heavy atom. The van der Waals surface area contributed by atoms with E-state index in [1.807, 2.05) is 0 Å². The predicted molar refractivity (Wildman–Crippen MR) is 80.5 cm³/mol. The van der Waals surface area contributed by atoms with Gasteiger partial charge in [-0.15, -0.1) is 0 Å². The largest absolute Gasteiger partial charge is 0.303 e. The van der Waals surface area contributed by atoms with Crippen LogP contribution in [0.3, 0.4) is 0 Å². The summed E-state index contributed by atoms with van der Waals surface area (Å²) in [6, 6.07) is 8.92. The molecule has 104 valence electrons. The van der Waals surface area contributed by atoms with Crippen LogP contribution in [0.2, 0.25) is 0 Å². The van der Waals surface area contributed by atoms with Crippen molar-refractivity contribution >= 4 is 6.29 Å². The van der Waals surface area contributed by atoms with E-state index in [0.29, 0.717) is 23.7 Å². The van der Waals surface area contributed by atoms with E-state index in [2.05, 4.69) is 45.0 Å². The van der Waals surface area contributed by atoms with Gasteiger partial charge < -0.3 is 4.79 Å². The lowest BCUT2D eigenvalue weighted by Gasteiger charge is -2.35. The van der Waals surface area contributed by atoms with Crippen molar-refractivity contribution in [3.63, 3.8) is 0 Å². The van der Waals surface area contributed by atoms with Gasteiger partial charge in [0.2, 0.25) is 0 Å². The number of carbonyl (C=O) groups excluding carboxylic acids is 1. The van der Waals surface area contributed by atoms with Crippen LogP contribution in [0.4, 0.5) is 0 Å². The van der Waals surface area contributed by atoms with E-state index < -0.39 is 0 Å². The molecule has 0 radical (unpaired) electrons. The molecule has 1 aromatic rings.